The highest BCUT2D eigenvalue weighted by Crippen LogP contribution is 2.48. The summed E-state index contributed by atoms with van der Waals surface area (Å²) < 4.78 is 30.3. The highest BCUT2D eigenvalue weighted by molar-refractivity contribution is 5.68. The summed E-state index contributed by atoms with van der Waals surface area (Å²) in [5, 5.41) is 10.9. The fraction of sp³-hybridized carbons (Fsp3) is 0.902. The zero-order valence-electron chi connectivity index (χ0n) is 32.6. The van der Waals surface area contributed by atoms with Crippen LogP contribution in [0.15, 0.2) is 0 Å². The van der Waals surface area contributed by atoms with Crippen LogP contribution in [0.5, 0.6) is 0 Å². The van der Waals surface area contributed by atoms with Crippen molar-refractivity contribution in [3.63, 3.8) is 0 Å². The van der Waals surface area contributed by atoms with Crippen molar-refractivity contribution in [2.45, 2.75) is 144 Å². The molecule has 4 N–H and O–H groups in total. The van der Waals surface area contributed by atoms with E-state index in [-0.39, 0.29) is 85.3 Å². The zero-order valence-corrected chi connectivity index (χ0v) is 32.6. The molecule has 332 valence electrons. The summed E-state index contributed by atoms with van der Waals surface area (Å²) in [6.45, 7) is 23.1. The number of hydrogen-bond acceptors (Lipinski definition) is 10. The maximum Gasteiger partial charge on any atom is 0.407 e. The smallest absolute Gasteiger partial charge is 0.407 e. The summed E-state index contributed by atoms with van der Waals surface area (Å²) in [5.41, 5.74) is 0.294. The van der Waals surface area contributed by atoms with Crippen LogP contribution in [0, 0.1) is 27.6 Å². The second-order valence-electron chi connectivity index (χ2n) is 16.0. The minimum absolute atomic E-state index is 0. The van der Waals surface area contributed by atoms with E-state index < -0.39 is 18.3 Å². The van der Waals surface area contributed by atoms with Gasteiger partial charge in [-0.3, -0.25) is 0 Å². The van der Waals surface area contributed by atoms with Gasteiger partial charge in [-0.05, 0) is 80.0 Å². The minimum atomic E-state index is -0.576. The number of ether oxygens (including phenoxy) is 6. The molecule has 0 radical (unpaired) electrons. The van der Waals surface area contributed by atoms with E-state index in [0.717, 1.165) is 25.7 Å². The van der Waals surface area contributed by atoms with Gasteiger partial charge in [-0.15, -0.1) is 0 Å². The predicted octanol–water partition coefficient (Wildman–Crippen LogP) is 9.20. The van der Waals surface area contributed by atoms with Crippen molar-refractivity contribution in [3.8, 4) is 0 Å². The fourth-order valence-corrected chi connectivity index (χ4v) is 8.06. The van der Waals surface area contributed by atoms with Gasteiger partial charge in [-0.1, -0.05) is 85.6 Å². The molecule has 14 heteroatoms. The van der Waals surface area contributed by atoms with Gasteiger partial charge >= 0.3 is 24.4 Å². The average molecular weight is 797 g/mol. The van der Waals surface area contributed by atoms with Crippen LogP contribution in [-0.2, 0) is 28.4 Å². The molecule has 0 aromatic rings. The summed E-state index contributed by atoms with van der Waals surface area (Å²) in [4.78, 5) is 46.6. The normalized spacial score (nSPS) is 22.8. The molecule has 0 heterocycles. The van der Waals surface area contributed by atoms with Crippen LogP contribution in [-0.4, -0.2) is 103 Å². The highest BCUT2D eigenvalue weighted by atomic mass is 16.6. The first-order chi connectivity index (χ1) is 23.4. The molecule has 55 heavy (non-hydrogen) atoms. The molecule has 0 saturated heterocycles. The van der Waals surface area contributed by atoms with Gasteiger partial charge in [-0.2, -0.15) is 0 Å². The first-order valence-corrected chi connectivity index (χ1v) is 18.1. The maximum atomic E-state index is 12.1. The van der Waals surface area contributed by atoms with Crippen molar-refractivity contribution in [3.05, 3.63) is 0 Å². The van der Waals surface area contributed by atoms with E-state index in [1.54, 1.807) is 0 Å². The molecule has 2 aliphatic rings. The molecule has 0 aromatic carbocycles. The fourth-order valence-electron chi connectivity index (χ4n) is 8.06. The molecule has 2 fully saturated rings. The topological polar surface area (TPSA) is 172 Å². The zero-order chi connectivity index (χ0) is 37.8. The van der Waals surface area contributed by atoms with Crippen molar-refractivity contribution in [2.75, 3.05) is 73.0 Å². The van der Waals surface area contributed by atoms with Crippen LogP contribution >= 0.6 is 0 Å². The Morgan fingerprint density at radius 1 is 0.545 bits per heavy atom. The van der Waals surface area contributed by atoms with E-state index in [9.17, 15) is 19.2 Å². The van der Waals surface area contributed by atoms with Crippen molar-refractivity contribution >= 4 is 24.4 Å². The Morgan fingerprint density at radius 3 is 1.35 bits per heavy atom. The quantitative estimate of drug-likeness (QED) is 0.0872. The van der Waals surface area contributed by atoms with Gasteiger partial charge in [0, 0.05) is 39.4 Å². The third-order valence-corrected chi connectivity index (χ3v) is 8.82. The van der Waals surface area contributed by atoms with Crippen molar-refractivity contribution in [1.29, 1.82) is 0 Å². The standard InChI is InChI=1S/C20H37N3O7.C16H31NO3.5CH4/c1-6-27-7-8-29-17(25)22-14-20(4)12-15(11-19(2,3)13-20)23-18(26)30-10-9-28-16(24)21-5;1-6-19-7-8-20-14(18)17-12-16(5)10-13(2)9-15(3,4)11-16;;;;;/h15H,6-14H2,1-5H3,(H,21,24)(H,22,25)(H,23,26);13H,6-12H2,1-5H3,(H,17,18);5*1H4. The van der Waals surface area contributed by atoms with Crippen LogP contribution in [0.4, 0.5) is 19.2 Å². The van der Waals surface area contributed by atoms with E-state index >= 15 is 0 Å². The second kappa shape index (κ2) is 30.2. The first kappa shape index (κ1) is 61.2. The number of rotatable bonds is 16. The summed E-state index contributed by atoms with van der Waals surface area (Å²) >= 11 is 0. The number of carbonyl (C=O) groups excluding carboxylic acids is 4. The van der Waals surface area contributed by atoms with Crippen LogP contribution in [0.3, 0.4) is 0 Å². The van der Waals surface area contributed by atoms with Gasteiger partial charge < -0.3 is 49.7 Å². The molecule has 4 unspecified atom stereocenters. The SMILES string of the molecule is C.C.C.C.C.CCOCCOC(=O)NCC1(C)CC(C)CC(C)(C)C1.CCOCCOC(=O)NCC1(C)CC(NC(=O)OCCOC(=O)NC)CC(C)(C)C1. The molecular formula is C41H88N4O10. The van der Waals surface area contributed by atoms with Crippen molar-refractivity contribution in [2.24, 2.45) is 27.6 Å². The van der Waals surface area contributed by atoms with Crippen LogP contribution in [0.25, 0.3) is 0 Å². The Bertz CT molecular complexity index is 1040. The van der Waals surface area contributed by atoms with Crippen molar-refractivity contribution < 1.29 is 47.6 Å². The molecule has 14 nitrogen and oxygen atoms in total. The molecule has 2 rings (SSSR count). The molecule has 0 aliphatic heterocycles. The van der Waals surface area contributed by atoms with Gasteiger partial charge in [0.1, 0.15) is 26.4 Å². The lowest BCUT2D eigenvalue weighted by atomic mass is 9.61. The lowest BCUT2D eigenvalue weighted by Gasteiger charge is -2.46. The maximum absolute atomic E-state index is 12.1. The Morgan fingerprint density at radius 2 is 0.927 bits per heavy atom. The second-order valence-corrected chi connectivity index (χ2v) is 16.0. The molecule has 4 atom stereocenters. The van der Waals surface area contributed by atoms with Gasteiger partial charge in [0.15, 0.2) is 0 Å². The molecule has 2 aliphatic carbocycles. The van der Waals surface area contributed by atoms with Crippen LogP contribution in [0.2, 0.25) is 0 Å². The molecule has 0 aromatic heterocycles. The Balaban J connectivity index is -0.000000295. The van der Waals surface area contributed by atoms with Gasteiger partial charge in [0.05, 0.1) is 13.2 Å². The number of hydrogen-bond donors (Lipinski definition) is 4. The minimum Gasteiger partial charge on any atom is -0.447 e. The molecule has 2 saturated carbocycles. The Hall–Kier alpha value is -3.00. The predicted molar refractivity (Wildman–Crippen MR) is 225 cm³/mol. The third-order valence-electron chi connectivity index (χ3n) is 8.82. The lowest BCUT2D eigenvalue weighted by Crippen LogP contribution is -2.50. The van der Waals surface area contributed by atoms with E-state index in [4.69, 9.17) is 28.4 Å². The molecular weight excluding hydrogens is 708 g/mol. The summed E-state index contributed by atoms with van der Waals surface area (Å²) in [5.74, 6) is 0.708. The van der Waals surface area contributed by atoms with E-state index in [1.807, 2.05) is 13.8 Å². The number of nitrogens with one attached hydrogen (secondary N) is 4. The number of carbonyl (C=O) groups is 4. The van der Waals surface area contributed by atoms with E-state index in [1.165, 1.54) is 13.5 Å². The Labute approximate surface area is 337 Å². The van der Waals surface area contributed by atoms with E-state index in [2.05, 4.69) is 69.7 Å². The van der Waals surface area contributed by atoms with Crippen molar-refractivity contribution in [1.82, 2.24) is 21.3 Å². The average Bonchev–Trinajstić information content (AvgIpc) is 2.99. The third kappa shape index (κ3) is 28.1. The summed E-state index contributed by atoms with van der Waals surface area (Å²) in [6.07, 6.45) is 4.02. The number of alkyl carbamates (subject to hydrolysis) is 4. The number of amides is 4. The van der Waals surface area contributed by atoms with Gasteiger partial charge in [0.2, 0.25) is 0 Å². The summed E-state index contributed by atoms with van der Waals surface area (Å²) in [6, 6.07) is -0.0955. The van der Waals surface area contributed by atoms with Gasteiger partial charge in [0.25, 0.3) is 0 Å². The monoisotopic (exact) mass is 797 g/mol. The highest BCUT2D eigenvalue weighted by Gasteiger charge is 2.42. The van der Waals surface area contributed by atoms with Crippen LogP contribution < -0.4 is 21.3 Å². The molecule has 0 bridgehead atoms. The van der Waals surface area contributed by atoms with Crippen LogP contribution in [0.1, 0.15) is 138 Å². The largest absolute Gasteiger partial charge is 0.447 e. The first-order valence-electron chi connectivity index (χ1n) is 18.1. The molecule has 0 spiro atoms. The van der Waals surface area contributed by atoms with E-state index in [0.29, 0.717) is 63.9 Å². The Kier molecular flexibility index (Phi) is 33.6. The molecule has 4 amide bonds. The summed E-state index contributed by atoms with van der Waals surface area (Å²) in [7, 11) is 1.45. The lowest BCUT2D eigenvalue weighted by molar-refractivity contribution is 0.0528. The van der Waals surface area contributed by atoms with Gasteiger partial charge in [-0.25, -0.2) is 19.2 Å².